The van der Waals surface area contributed by atoms with E-state index < -0.39 is 0 Å². The van der Waals surface area contributed by atoms with Gasteiger partial charge in [0.15, 0.2) is 0 Å². The van der Waals surface area contributed by atoms with Crippen LogP contribution in [0.15, 0.2) is 48.7 Å². The highest BCUT2D eigenvalue weighted by Gasteiger charge is 2.32. The molecule has 1 aliphatic rings. The molecule has 0 atom stereocenters. The van der Waals surface area contributed by atoms with Crippen LogP contribution < -0.4 is 0 Å². The molecule has 1 saturated carbocycles. The number of hydrogen-bond donors (Lipinski definition) is 0. The molecule has 0 saturated heterocycles. The molecule has 1 aromatic carbocycles. The summed E-state index contributed by atoms with van der Waals surface area (Å²) in [6, 6.07) is 14.9. The molecule has 1 nitrogen and oxygen atoms in total. The van der Waals surface area contributed by atoms with Gasteiger partial charge in [-0.3, -0.25) is 4.98 Å². The molecule has 2 aromatic rings. The molecule has 0 unspecified atom stereocenters. The van der Waals surface area contributed by atoms with Gasteiger partial charge in [0.25, 0.3) is 0 Å². The molecule has 0 spiro atoms. The fraction of sp³-hybridized carbons (Fsp3) is 0.389. The van der Waals surface area contributed by atoms with Crippen LogP contribution in [-0.2, 0) is 5.21 Å². The van der Waals surface area contributed by atoms with Gasteiger partial charge >= 0.3 is 0 Å². The Morgan fingerprint density at radius 1 is 0.905 bits per heavy atom. The van der Waals surface area contributed by atoms with Crippen LogP contribution in [0.3, 0.4) is 0 Å². The summed E-state index contributed by atoms with van der Waals surface area (Å²) in [6.45, 7) is 0. The Labute approximate surface area is 130 Å². The lowest BCUT2D eigenvalue weighted by Gasteiger charge is -2.37. The fourth-order valence-corrected chi connectivity index (χ4v) is 3.61. The van der Waals surface area contributed by atoms with Crippen LogP contribution in [-0.4, -0.2) is 20.7 Å². The number of hydrogen-bond acceptors (Lipinski definition) is 1. The molecule has 3 rings (SSSR count). The molecule has 3 heteroatoms. The lowest BCUT2D eigenvalue weighted by Crippen LogP contribution is -2.37. The van der Waals surface area contributed by atoms with Crippen molar-refractivity contribution in [1.82, 2.24) is 4.98 Å². The van der Waals surface area contributed by atoms with Crippen LogP contribution in [0.1, 0.15) is 37.7 Å². The lowest BCUT2D eigenvalue weighted by atomic mass is 9.43. The van der Waals surface area contributed by atoms with Gasteiger partial charge in [0.2, 0.25) is 0 Å². The lowest BCUT2D eigenvalue weighted by molar-refractivity contribution is 0.326. The van der Waals surface area contributed by atoms with Crippen molar-refractivity contribution in [2.75, 3.05) is 0 Å². The van der Waals surface area contributed by atoms with Gasteiger partial charge in [-0.2, -0.15) is 0 Å². The molecule has 0 aliphatic heterocycles. The van der Waals surface area contributed by atoms with Gasteiger partial charge in [-0.1, -0.05) is 73.7 Å². The number of rotatable bonds is 3. The van der Waals surface area contributed by atoms with Crippen LogP contribution in [0.4, 0.5) is 0 Å². The SMILES string of the molecule is BC(B)(c1ccc(-c2ccccc2)nc1)C1CCCCC1. The molecule has 0 amide bonds. The van der Waals surface area contributed by atoms with Crippen LogP contribution in [0, 0.1) is 5.92 Å². The van der Waals surface area contributed by atoms with Crippen molar-refractivity contribution in [3.8, 4) is 11.3 Å². The van der Waals surface area contributed by atoms with Gasteiger partial charge in [0.1, 0.15) is 15.7 Å². The minimum absolute atomic E-state index is 0.239. The number of pyridine rings is 1. The quantitative estimate of drug-likeness (QED) is 0.785. The van der Waals surface area contributed by atoms with E-state index in [9.17, 15) is 0 Å². The van der Waals surface area contributed by atoms with Crippen LogP contribution in [0.5, 0.6) is 0 Å². The first-order valence-electron chi connectivity index (χ1n) is 8.20. The van der Waals surface area contributed by atoms with Crippen molar-refractivity contribution in [1.29, 1.82) is 0 Å². The largest absolute Gasteiger partial charge is 0.256 e. The Hall–Kier alpha value is -1.50. The molecule has 0 N–H and O–H groups in total. The number of nitrogens with zero attached hydrogens (tertiary/aromatic N) is 1. The van der Waals surface area contributed by atoms with Gasteiger partial charge in [-0.25, -0.2) is 0 Å². The monoisotopic (exact) mass is 275 g/mol. The van der Waals surface area contributed by atoms with Crippen molar-refractivity contribution in [2.45, 2.75) is 37.3 Å². The highest BCUT2D eigenvalue weighted by molar-refractivity contribution is 6.40. The van der Waals surface area contributed by atoms with Crippen molar-refractivity contribution < 1.29 is 0 Å². The first kappa shape index (κ1) is 14.4. The molecular formula is C18H23B2N. The van der Waals surface area contributed by atoms with Crippen molar-refractivity contribution in [3.05, 3.63) is 54.2 Å². The second-order valence-electron chi connectivity index (χ2n) is 6.85. The molecule has 106 valence electrons. The van der Waals surface area contributed by atoms with Gasteiger partial charge in [0.05, 0.1) is 5.69 Å². The zero-order valence-electron chi connectivity index (χ0n) is 13.2. The van der Waals surface area contributed by atoms with E-state index in [1.165, 1.54) is 43.2 Å². The smallest absolute Gasteiger partial charge is 0.105 e. The summed E-state index contributed by atoms with van der Waals surface area (Å²) in [5.41, 5.74) is 3.65. The Bertz CT molecular complexity index is 572. The van der Waals surface area contributed by atoms with E-state index in [1.807, 2.05) is 6.07 Å². The average Bonchev–Trinajstić information content (AvgIpc) is 2.57. The molecule has 21 heavy (non-hydrogen) atoms. The minimum Gasteiger partial charge on any atom is -0.256 e. The maximum absolute atomic E-state index is 4.71. The third-order valence-corrected chi connectivity index (χ3v) is 5.20. The molecule has 1 aromatic heterocycles. The van der Waals surface area contributed by atoms with E-state index in [4.69, 9.17) is 4.98 Å². The topological polar surface area (TPSA) is 12.9 Å². The zero-order valence-corrected chi connectivity index (χ0v) is 13.2. The van der Waals surface area contributed by atoms with Crippen molar-refractivity contribution in [3.63, 3.8) is 0 Å². The third kappa shape index (κ3) is 3.07. The normalized spacial score (nSPS) is 16.8. The summed E-state index contributed by atoms with van der Waals surface area (Å²) in [7, 11) is 4.78. The first-order chi connectivity index (χ1) is 10.2. The number of benzene rings is 1. The van der Waals surface area contributed by atoms with E-state index >= 15 is 0 Å². The van der Waals surface area contributed by atoms with E-state index in [2.05, 4.69) is 58.3 Å². The Balaban J connectivity index is 1.83. The van der Waals surface area contributed by atoms with E-state index in [-0.39, 0.29) is 5.21 Å². The molecule has 0 bridgehead atoms. The van der Waals surface area contributed by atoms with Crippen LogP contribution in [0.25, 0.3) is 11.3 Å². The Morgan fingerprint density at radius 2 is 1.62 bits per heavy atom. The summed E-state index contributed by atoms with van der Waals surface area (Å²) < 4.78 is 0. The molecular weight excluding hydrogens is 252 g/mol. The third-order valence-electron chi connectivity index (χ3n) is 5.20. The van der Waals surface area contributed by atoms with Gasteiger partial charge in [-0.15, -0.1) is 0 Å². The summed E-state index contributed by atoms with van der Waals surface area (Å²) in [5.74, 6) is 0.802. The second-order valence-corrected chi connectivity index (χ2v) is 6.85. The standard InChI is InChI=1S/C18H23B2N/c19-18(20,15-9-5-2-6-10-15)16-11-12-17(21-13-16)14-7-3-1-4-8-14/h1,3-4,7-8,11-13,15H,2,5-6,9-10,19-20H2. The highest BCUT2D eigenvalue weighted by Crippen LogP contribution is 2.37. The molecule has 1 aliphatic carbocycles. The van der Waals surface area contributed by atoms with Crippen molar-refractivity contribution in [2.24, 2.45) is 5.92 Å². The van der Waals surface area contributed by atoms with Gasteiger partial charge in [-0.05, 0) is 17.5 Å². The van der Waals surface area contributed by atoms with Crippen LogP contribution in [0.2, 0.25) is 0 Å². The minimum atomic E-state index is 0.239. The predicted molar refractivity (Wildman–Crippen MR) is 95.0 cm³/mol. The summed E-state index contributed by atoms with van der Waals surface area (Å²) in [4.78, 5) is 4.71. The summed E-state index contributed by atoms with van der Waals surface area (Å²) in [5, 5.41) is 0.239. The Morgan fingerprint density at radius 3 is 2.24 bits per heavy atom. The highest BCUT2D eigenvalue weighted by atomic mass is 14.7. The molecule has 1 heterocycles. The van der Waals surface area contributed by atoms with E-state index in [0.29, 0.717) is 0 Å². The van der Waals surface area contributed by atoms with Gasteiger partial charge < -0.3 is 0 Å². The molecule has 0 radical (unpaired) electrons. The average molecular weight is 275 g/mol. The maximum Gasteiger partial charge on any atom is 0.105 e. The number of aromatic nitrogens is 1. The Kier molecular flexibility index (Phi) is 4.19. The molecule has 1 fully saturated rings. The zero-order chi connectivity index (χ0) is 14.7. The second kappa shape index (κ2) is 6.09. The van der Waals surface area contributed by atoms with Crippen molar-refractivity contribution >= 4 is 15.7 Å². The predicted octanol–water partition coefficient (Wildman–Crippen LogP) is 2.75. The van der Waals surface area contributed by atoms with Gasteiger partial charge in [0, 0.05) is 11.8 Å². The van der Waals surface area contributed by atoms with E-state index in [1.54, 1.807) is 0 Å². The van der Waals surface area contributed by atoms with Crippen LogP contribution >= 0.6 is 0 Å². The fourth-order valence-electron chi connectivity index (χ4n) is 3.61. The van der Waals surface area contributed by atoms with E-state index in [0.717, 1.165) is 11.6 Å². The maximum atomic E-state index is 4.71. The first-order valence-corrected chi connectivity index (χ1v) is 8.20. The summed E-state index contributed by atoms with van der Waals surface area (Å²) >= 11 is 0. The summed E-state index contributed by atoms with van der Waals surface area (Å²) in [6.07, 6.45) is 9.03.